The number of nitrogens with zero attached hydrogens (tertiary/aromatic N) is 3. The normalized spacial score (nSPS) is 12.5. The van der Waals surface area contributed by atoms with Gasteiger partial charge in [-0.3, -0.25) is 9.59 Å². The number of carbonyl (C=O) groups is 2. The van der Waals surface area contributed by atoms with Gasteiger partial charge in [-0.2, -0.15) is 0 Å². The molecule has 2 aromatic carbocycles. The van der Waals surface area contributed by atoms with Gasteiger partial charge in [-0.25, -0.2) is 4.98 Å². The van der Waals surface area contributed by atoms with E-state index in [1.54, 1.807) is 23.1 Å². The number of likely N-dealkylation sites (N-methyl/N-ethyl adjacent to an activating group) is 1. The number of nitrogens with one attached hydrogen (secondary N) is 2. The van der Waals surface area contributed by atoms with E-state index in [4.69, 9.17) is 27.1 Å². The first-order valence-corrected chi connectivity index (χ1v) is 14.7. The van der Waals surface area contributed by atoms with E-state index < -0.39 is 0 Å². The third kappa shape index (κ3) is 9.58. The third-order valence-corrected chi connectivity index (χ3v) is 6.74. The molecular formula is C32H45ClN6O3. The number of aromatic nitrogens is 2. The Labute approximate surface area is 254 Å². The lowest BCUT2D eigenvalue weighted by Gasteiger charge is -2.21. The molecule has 3 aromatic rings. The van der Waals surface area contributed by atoms with Crippen molar-refractivity contribution < 1.29 is 14.3 Å². The Balaban J connectivity index is 1.78. The molecule has 1 atom stereocenters. The van der Waals surface area contributed by atoms with Crippen molar-refractivity contribution >= 4 is 23.4 Å². The van der Waals surface area contributed by atoms with Crippen molar-refractivity contribution in [1.82, 2.24) is 25.1 Å². The first-order valence-electron chi connectivity index (χ1n) is 14.3. The van der Waals surface area contributed by atoms with E-state index in [9.17, 15) is 9.59 Å². The number of ether oxygens (including phenoxy) is 1. The molecular weight excluding hydrogens is 552 g/mol. The van der Waals surface area contributed by atoms with Gasteiger partial charge < -0.3 is 30.6 Å². The number of hydrogen-bond donors (Lipinski definition) is 3. The van der Waals surface area contributed by atoms with Gasteiger partial charge in [0.2, 0.25) is 5.91 Å². The summed E-state index contributed by atoms with van der Waals surface area (Å²) in [6.45, 7) is 12.0. The maximum Gasteiger partial charge on any atom is 0.251 e. The molecule has 0 unspecified atom stereocenters. The van der Waals surface area contributed by atoms with E-state index in [1.165, 1.54) is 0 Å². The Morgan fingerprint density at radius 2 is 1.81 bits per heavy atom. The first kappa shape index (κ1) is 33.1. The minimum atomic E-state index is -0.351. The second-order valence-electron chi connectivity index (χ2n) is 12.1. The van der Waals surface area contributed by atoms with Gasteiger partial charge in [-0.1, -0.05) is 56.6 Å². The molecule has 228 valence electrons. The topological polar surface area (TPSA) is 115 Å². The van der Waals surface area contributed by atoms with E-state index in [-0.39, 0.29) is 42.5 Å². The zero-order valence-corrected chi connectivity index (χ0v) is 26.6. The molecule has 0 spiro atoms. The smallest absolute Gasteiger partial charge is 0.251 e. The molecule has 0 aliphatic heterocycles. The maximum atomic E-state index is 13.2. The molecule has 0 saturated carbocycles. The van der Waals surface area contributed by atoms with Gasteiger partial charge in [0, 0.05) is 42.4 Å². The van der Waals surface area contributed by atoms with Crippen molar-refractivity contribution in [2.45, 2.75) is 65.1 Å². The zero-order valence-electron chi connectivity index (χ0n) is 25.8. The summed E-state index contributed by atoms with van der Waals surface area (Å²) in [7, 11) is 3.67. The minimum absolute atomic E-state index is 0.0362. The van der Waals surface area contributed by atoms with Crippen LogP contribution in [0.5, 0.6) is 5.75 Å². The van der Waals surface area contributed by atoms with Gasteiger partial charge in [0.05, 0.1) is 29.4 Å². The van der Waals surface area contributed by atoms with Crippen molar-refractivity contribution in [3.8, 4) is 17.0 Å². The number of benzene rings is 2. The molecule has 0 radical (unpaired) electrons. The average Bonchev–Trinajstić information content (AvgIpc) is 3.33. The Hall–Kier alpha value is -3.40. The van der Waals surface area contributed by atoms with Crippen LogP contribution in [0.15, 0.2) is 48.7 Å². The maximum absolute atomic E-state index is 13.2. The predicted octanol–water partition coefficient (Wildman–Crippen LogP) is 4.27. The standard InChI is InChI=1S/C32H45ClN6O3/c1-21(2)42-28-13-12-24(17-26(28)33)30(41)36-25(18-35-29(40)20-38(6)7)16-22-8-10-23(11-9-22)27-19-39(15-14-34)31(37-27)32(3,4)5/h8-13,17,19,21,25H,14-16,18,20,34H2,1-7H3,(H,35,40)(H,36,41)/t25-/m0/s1. The van der Waals surface area contributed by atoms with Gasteiger partial charge in [0.1, 0.15) is 11.6 Å². The zero-order chi connectivity index (χ0) is 31.0. The van der Waals surface area contributed by atoms with Crippen molar-refractivity contribution in [1.29, 1.82) is 0 Å². The summed E-state index contributed by atoms with van der Waals surface area (Å²) in [5, 5.41) is 6.38. The van der Waals surface area contributed by atoms with Crippen molar-refractivity contribution in [2.75, 3.05) is 33.7 Å². The quantitative estimate of drug-likeness (QED) is 0.272. The summed E-state index contributed by atoms with van der Waals surface area (Å²) in [5.41, 5.74) is 9.05. The van der Waals surface area contributed by atoms with E-state index in [2.05, 4.69) is 36.0 Å². The highest BCUT2D eigenvalue weighted by molar-refractivity contribution is 6.32. The van der Waals surface area contributed by atoms with Crippen molar-refractivity contribution in [2.24, 2.45) is 5.73 Å². The van der Waals surface area contributed by atoms with Crippen molar-refractivity contribution in [3.05, 3.63) is 70.6 Å². The lowest BCUT2D eigenvalue weighted by Crippen LogP contribution is -2.46. The van der Waals surface area contributed by atoms with Gasteiger partial charge >= 0.3 is 0 Å². The SMILES string of the molecule is CC(C)Oc1ccc(C(=O)N[C@H](CNC(=O)CN(C)C)Cc2ccc(-c3cn(CCN)c(C(C)(C)C)n3)cc2)cc1Cl. The number of halogens is 1. The van der Waals surface area contributed by atoms with Crippen LogP contribution < -0.4 is 21.1 Å². The Morgan fingerprint density at radius 3 is 2.38 bits per heavy atom. The molecule has 1 aromatic heterocycles. The molecule has 0 aliphatic rings. The summed E-state index contributed by atoms with van der Waals surface area (Å²) in [4.78, 5) is 32.3. The average molecular weight is 597 g/mol. The fraction of sp³-hybridized carbons (Fsp3) is 0.469. The van der Waals surface area contributed by atoms with Crippen LogP contribution in [0.2, 0.25) is 5.02 Å². The monoisotopic (exact) mass is 596 g/mol. The lowest BCUT2D eigenvalue weighted by molar-refractivity contribution is -0.121. The number of rotatable bonds is 13. The highest BCUT2D eigenvalue weighted by Gasteiger charge is 2.22. The summed E-state index contributed by atoms with van der Waals surface area (Å²) in [6, 6.07) is 12.8. The van der Waals surface area contributed by atoms with Crippen molar-refractivity contribution in [3.63, 3.8) is 0 Å². The highest BCUT2D eigenvalue weighted by Crippen LogP contribution is 2.28. The molecule has 3 rings (SSSR count). The van der Waals surface area contributed by atoms with Crippen LogP contribution in [-0.2, 0) is 23.2 Å². The molecule has 4 N–H and O–H groups in total. The van der Waals surface area contributed by atoms with Gasteiger partial charge in [0.15, 0.2) is 0 Å². The van der Waals surface area contributed by atoms with Crippen LogP contribution >= 0.6 is 11.6 Å². The number of carbonyl (C=O) groups excluding carboxylic acids is 2. The van der Waals surface area contributed by atoms with Crippen LogP contribution in [0.3, 0.4) is 0 Å². The Kier molecular flexibility index (Phi) is 11.6. The van der Waals surface area contributed by atoms with E-state index in [0.717, 1.165) is 22.6 Å². The molecule has 42 heavy (non-hydrogen) atoms. The van der Waals surface area contributed by atoms with Crippen LogP contribution in [0.25, 0.3) is 11.3 Å². The summed E-state index contributed by atoms with van der Waals surface area (Å²) < 4.78 is 7.81. The number of imidazole rings is 1. The second-order valence-corrected chi connectivity index (χ2v) is 12.5. The predicted molar refractivity (Wildman–Crippen MR) is 169 cm³/mol. The first-order chi connectivity index (χ1) is 19.8. The molecule has 0 fully saturated rings. The second kappa shape index (κ2) is 14.7. The summed E-state index contributed by atoms with van der Waals surface area (Å²) in [5.74, 6) is 1.12. The number of hydrogen-bond acceptors (Lipinski definition) is 6. The summed E-state index contributed by atoms with van der Waals surface area (Å²) >= 11 is 6.37. The van der Waals surface area contributed by atoms with Gasteiger partial charge in [-0.15, -0.1) is 0 Å². The molecule has 2 amide bonds. The Morgan fingerprint density at radius 1 is 1.12 bits per heavy atom. The fourth-order valence-electron chi connectivity index (χ4n) is 4.57. The van der Waals surface area contributed by atoms with Crippen LogP contribution in [0, 0.1) is 0 Å². The largest absolute Gasteiger partial charge is 0.489 e. The number of nitrogens with two attached hydrogens (primary N) is 1. The highest BCUT2D eigenvalue weighted by atomic mass is 35.5. The van der Waals surface area contributed by atoms with Gasteiger partial charge in [-0.05, 0) is 58.1 Å². The third-order valence-electron chi connectivity index (χ3n) is 6.45. The lowest BCUT2D eigenvalue weighted by atomic mass is 9.95. The molecule has 0 bridgehead atoms. The molecule has 10 heteroatoms. The molecule has 0 aliphatic carbocycles. The fourth-order valence-corrected chi connectivity index (χ4v) is 4.80. The van der Waals surface area contributed by atoms with E-state index >= 15 is 0 Å². The van der Waals surface area contributed by atoms with Crippen LogP contribution in [0.1, 0.15) is 56.4 Å². The molecule has 0 saturated heterocycles. The molecule has 9 nitrogen and oxygen atoms in total. The van der Waals surface area contributed by atoms with Crippen LogP contribution in [0.4, 0.5) is 0 Å². The van der Waals surface area contributed by atoms with Crippen LogP contribution in [-0.4, -0.2) is 72.1 Å². The number of amides is 2. The molecule has 1 heterocycles. The minimum Gasteiger partial charge on any atom is -0.489 e. The van der Waals surface area contributed by atoms with E-state index in [1.807, 2.05) is 58.4 Å². The Bertz CT molecular complexity index is 1350. The van der Waals surface area contributed by atoms with E-state index in [0.29, 0.717) is 35.8 Å². The summed E-state index contributed by atoms with van der Waals surface area (Å²) in [6.07, 6.45) is 2.53. The van der Waals surface area contributed by atoms with Gasteiger partial charge in [0.25, 0.3) is 5.91 Å².